The summed E-state index contributed by atoms with van der Waals surface area (Å²) in [5.41, 5.74) is 3.68. The van der Waals surface area contributed by atoms with Crippen molar-refractivity contribution in [2.24, 2.45) is 0 Å². The van der Waals surface area contributed by atoms with Gasteiger partial charge in [-0.2, -0.15) is 5.26 Å². The SMILES string of the molecule is Cc1ccc(N2CCN(C(=O)c3ccc(C#N)cc3)CC2)cc1. The maximum Gasteiger partial charge on any atom is 0.253 e. The minimum absolute atomic E-state index is 0.0399. The molecular weight excluding hydrogens is 286 g/mol. The van der Waals surface area contributed by atoms with E-state index in [9.17, 15) is 4.79 Å². The Bertz CT molecular complexity index is 721. The molecule has 0 unspecified atom stereocenters. The van der Waals surface area contributed by atoms with Gasteiger partial charge in [-0.15, -0.1) is 0 Å². The molecule has 0 aromatic heterocycles. The number of nitrogens with zero attached hydrogens (tertiary/aromatic N) is 3. The first-order chi connectivity index (χ1) is 11.2. The van der Waals surface area contributed by atoms with E-state index in [4.69, 9.17) is 5.26 Å². The Morgan fingerprint density at radius 1 is 0.957 bits per heavy atom. The van der Waals surface area contributed by atoms with Crippen molar-refractivity contribution >= 4 is 11.6 Å². The fourth-order valence-electron chi connectivity index (χ4n) is 2.79. The predicted molar refractivity (Wildman–Crippen MR) is 90.5 cm³/mol. The first kappa shape index (κ1) is 15.1. The second-order valence-corrected chi connectivity index (χ2v) is 5.80. The molecule has 0 saturated carbocycles. The molecule has 23 heavy (non-hydrogen) atoms. The first-order valence-corrected chi connectivity index (χ1v) is 7.78. The molecule has 1 fully saturated rings. The molecule has 1 aliphatic heterocycles. The van der Waals surface area contributed by atoms with Crippen LogP contribution in [0.1, 0.15) is 21.5 Å². The number of hydrogen-bond donors (Lipinski definition) is 0. The lowest BCUT2D eigenvalue weighted by Gasteiger charge is -2.36. The molecule has 0 spiro atoms. The zero-order valence-electron chi connectivity index (χ0n) is 13.2. The Balaban J connectivity index is 1.62. The van der Waals surface area contributed by atoms with Gasteiger partial charge in [-0.1, -0.05) is 17.7 Å². The van der Waals surface area contributed by atoms with Crippen molar-refractivity contribution in [3.63, 3.8) is 0 Å². The zero-order chi connectivity index (χ0) is 16.2. The van der Waals surface area contributed by atoms with Gasteiger partial charge >= 0.3 is 0 Å². The van der Waals surface area contributed by atoms with E-state index in [1.807, 2.05) is 4.90 Å². The number of carbonyl (C=O) groups is 1. The summed E-state index contributed by atoms with van der Waals surface area (Å²) in [6.07, 6.45) is 0. The largest absolute Gasteiger partial charge is 0.368 e. The number of hydrogen-bond acceptors (Lipinski definition) is 3. The van der Waals surface area contributed by atoms with E-state index in [-0.39, 0.29) is 5.91 Å². The van der Waals surface area contributed by atoms with Gasteiger partial charge in [0.1, 0.15) is 0 Å². The van der Waals surface area contributed by atoms with Crippen molar-refractivity contribution in [1.29, 1.82) is 5.26 Å². The topological polar surface area (TPSA) is 47.3 Å². The molecule has 2 aromatic rings. The normalized spacial score (nSPS) is 14.4. The summed E-state index contributed by atoms with van der Waals surface area (Å²) in [6, 6.07) is 17.4. The van der Waals surface area contributed by atoms with Gasteiger partial charge in [0.05, 0.1) is 11.6 Å². The fourth-order valence-corrected chi connectivity index (χ4v) is 2.79. The van der Waals surface area contributed by atoms with E-state index in [0.717, 1.165) is 13.1 Å². The number of anilines is 1. The molecule has 0 radical (unpaired) electrons. The van der Waals surface area contributed by atoms with Crippen LogP contribution in [0.3, 0.4) is 0 Å². The van der Waals surface area contributed by atoms with Crippen LogP contribution in [0.25, 0.3) is 0 Å². The number of aryl methyl sites for hydroxylation is 1. The minimum Gasteiger partial charge on any atom is -0.368 e. The molecular formula is C19H19N3O. The monoisotopic (exact) mass is 305 g/mol. The number of nitriles is 1. The van der Waals surface area contributed by atoms with Gasteiger partial charge in [-0.25, -0.2) is 0 Å². The Morgan fingerprint density at radius 3 is 2.13 bits per heavy atom. The minimum atomic E-state index is 0.0399. The second-order valence-electron chi connectivity index (χ2n) is 5.80. The molecule has 1 heterocycles. The van der Waals surface area contributed by atoms with E-state index >= 15 is 0 Å². The highest BCUT2D eigenvalue weighted by Gasteiger charge is 2.22. The van der Waals surface area contributed by atoms with Gasteiger partial charge in [0, 0.05) is 37.4 Å². The molecule has 1 amide bonds. The average Bonchev–Trinajstić information content (AvgIpc) is 2.62. The quantitative estimate of drug-likeness (QED) is 0.857. The lowest BCUT2D eigenvalue weighted by atomic mass is 10.1. The van der Waals surface area contributed by atoms with Crippen LogP contribution in [0.4, 0.5) is 5.69 Å². The first-order valence-electron chi connectivity index (χ1n) is 7.78. The third-order valence-electron chi connectivity index (χ3n) is 4.23. The van der Waals surface area contributed by atoms with Crippen LogP contribution in [-0.2, 0) is 0 Å². The standard InChI is InChI=1S/C19H19N3O/c1-15-2-8-18(9-3-15)21-10-12-22(13-11-21)19(23)17-6-4-16(14-20)5-7-17/h2-9H,10-13H2,1H3. The number of benzene rings is 2. The van der Waals surface area contributed by atoms with Crippen LogP contribution in [0.5, 0.6) is 0 Å². The number of piperazine rings is 1. The molecule has 4 nitrogen and oxygen atoms in total. The van der Waals surface area contributed by atoms with Crippen LogP contribution in [0, 0.1) is 18.3 Å². The summed E-state index contributed by atoms with van der Waals surface area (Å²) in [5, 5.41) is 8.82. The van der Waals surface area contributed by atoms with Crippen molar-refractivity contribution in [2.45, 2.75) is 6.92 Å². The van der Waals surface area contributed by atoms with E-state index in [0.29, 0.717) is 24.2 Å². The molecule has 0 N–H and O–H groups in total. The zero-order valence-corrected chi connectivity index (χ0v) is 13.2. The lowest BCUT2D eigenvalue weighted by Crippen LogP contribution is -2.48. The van der Waals surface area contributed by atoms with Crippen LogP contribution in [-0.4, -0.2) is 37.0 Å². The summed E-state index contributed by atoms with van der Waals surface area (Å²) in [4.78, 5) is 16.7. The van der Waals surface area contributed by atoms with Crippen molar-refractivity contribution in [1.82, 2.24) is 4.90 Å². The van der Waals surface area contributed by atoms with Crippen LogP contribution in [0.15, 0.2) is 48.5 Å². The molecule has 0 bridgehead atoms. The summed E-state index contributed by atoms with van der Waals surface area (Å²) in [6.45, 7) is 5.19. The average molecular weight is 305 g/mol. The molecule has 0 atom stereocenters. The molecule has 0 aliphatic carbocycles. The molecule has 2 aromatic carbocycles. The van der Waals surface area contributed by atoms with Gasteiger partial charge in [0.2, 0.25) is 0 Å². The van der Waals surface area contributed by atoms with Crippen LogP contribution < -0.4 is 4.90 Å². The summed E-state index contributed by atoms with van der Waals surface area (Å²) < 4.78 is 0. The highest BCUT2D eigenvalue weighted by atomic mass is 16.2. The smallest absolute Gasteiger partial charge is 0.253 e. The number of amides is 1. The Labute approximate surface area is 136 Å². The third kappa shape index (κ3) is 3.35. The van der Waals surface area contributed by atoms with Crippen LogP contribution in [0.2, 0.25) is 0 Å². The molecule has 4 heteroatoms. The summed E-state index contributed by atoms with van der Waals surface area (Å²) >= 11 is 0. The number of carbonyl (C=O) groups excluding carboxylic acids is 1. The predicted octanol–water partition coefficient (Wildman–Crippen LogP) is 2.83. The Morgan fingerprint density at radius 2 is 1.57 bits per heavy atom. The molecule has 1 saturated heterocycles. The van der Waals surface area contributed by atoms with Crippen LogP contribution >= 0.6 is 0 Å². The highest BCUT2D eigenvalue weighted by molar-refractivity contribution is 5.94. The molecule has 116 valence electrons. The molecule has 1 aliphatic rings. The van der Waals surface area contributed by atoms with Crippen molar-refractivity contribution in [3.8, 4) is 6.07 Å². The fraction of sp³-hybridized carbons (Fsp3) is 0.263. The number of rotatable bonds is 2. The van der Waals surface area contributed by atoms with Gasteiger partial charge in [0.25, 0.3) is 5.91 Å². The van der Waals surface area contributed by atoms with Crippen molar-refractivity contribution < 1.29 is 4.79 Å². The summed E-state index contributed by atoms with van der Waals surface area (Å²) in [7, 11) is 0. The summed E-state index contributed by atoms with van der Waals surface area (Å²) in [5.74, 6) is 0.0399. The Hall–Kier alpha value is -2.80. The van der Waals surface area contributed by atoms with E-state index < -0.39 is 0 Å². The third-order valence-corrected chi connectivity index (χ3v) is 4.23. The second kappa shape index (κ2) is 6.53. The van der Waals surface area contributed by atoms with Gasteiger partial charge in [0.15, 0.2) is 0 Å². The lowest BCUT2D eigenvalue weighted by molar-refractivity contribution is 0.0747. The van der Waals surface area contributed by atoms with Crippen molar-refractivity contribution in [3.05, 3.63) is 65.2 Å². The van der Waals surface area contributed by atoms with Gasteiger partial charge in [-0.3, -0.25) is 4.79 Å². The van der Waals surface area contributed by atoms with E-state index in [1.165, 1.54) is 11.3 Å². The Kier molecular flexibility index (Phi) is 4.29. The maximum absolute atomic E-state index is 12.5. The van der Waals surface area contributed by atoms with Gasteiger partial charge < -0.3 is 9.80 Å². The maximum atomic E-state index is 12.5. The van der Waals surface area contributed by atoms with Gasteiger partial charge in [-0.05, 0) is 43.3 Å². The van der Waals surface area contributed by atoms with Crippen molar-refractivity contribution in [2.75, 3.05) is 31.1 Å². The molecule has 3 rings (SSSR count). The van der Waals surface area contributed by atoms with E-state index in [1.54, 1.807) is 24.3 Å². The highest BCUT2D eigenvalue weighted by Crippen LogP contribution is 2.18. The van der Waals surface area contributed by atoms with E-state index in [2.05, 4.69) is 42.2 Å².